The normalized spacial score (nSPS) is 19.5. The molecule has 0 aromatic rings. The predicted molar refractivity (Wildman–Crippen MR) is 87.2 cm³/mol. The number of amides is 3. The van der Waals surface area contributed by atoms with E-state index >= 15 is 0 Å². The van der Waals surface area contributed by atoms with E-state index in [4.69, 9.17) is 0 Å². The number of alkyl halides is 3. The molecular weight excluding hydrogens is 355 g/mol. The van der Waals surface area contributed by atoms with Crippen LogP contribution in [0.2, 0.25) is 0 Å². The second-order valence-corrected chi connectivity index (χ2v) is 6.34. The lowest BCUT2D eigenvalue weighted by molar-refractivity contribution is -0.207. The predicted octanol–water partition coefficient (Wildman–Crippen LogP) is 1.72. The van der Waals surface area contributed by atoms with Gasteiger partial charge in [-0.1, -0.05) is 6.92 Å². The summed E-state index contributed by atoms with van der Waals surface area (Å²) in [5.41, 5.74) is 0. The van der Waals surface area contributed by atoms with Gasteiger partial charge in [0.2, 0.25) is 0 Å². The molecule has 1 saturated heterocycles. The Morgan fingerprint density at radius 2 is 1.85 bits per heavy atom. The van der Waals surface area contributed by atoms with E-state index in [1.807, 2.05) is 4.90 Å². The van der Waals surface area contributed by atoms with Gasteiger partial charge in [-0.2, -0.15) is 13.2 Å². The molecule has 0 N–H and O–H groups in total. The van der Waals surface area contributed by atoms with Crippen LogP contribution >= 0.6 is 0 Å². The first-order chi connectivity index (χ1) is 12.1. The third-order valence-corrected chi connectivity index (χ3v) is 3.99. The van der Waals surface area contributed by atoms with Crippen LogP contribution < -0.4 is 0 Å². The molecule has 1 fully saturated rings. The van der Waals surface area contributed by atoms with E-state index in [0.29, 0.717) is 19.4 Å². The van der Waals surface area contributed by atoms with Crippen molar-refractivity contribution in [2.45, 2.75) is 38.9 Å². The Balaban J connectivity index is 3.21. The molecule has 1 aliphatic heterocycles. The molecular formula is C16H26F3N3O4. The van der Waals surface area contributed by atoms with Crippen molar-refractivity contribution in [3.05, 3.63) is 0 Å². The summed E-state index contributed by atoms with van der Waals surface area (Å²) in [7, 11) is 3.57. The fourth-order valence-corrected chi connectivity index (χ4v) is 2.88. The molecule has 0 aliphatic carbocycles. The number of halogens is 3. The molecule has 26 heavy (non-hydrogen) atoms. The van der Waals surface area contributed by atoms with Crippen molar-refractivity contribution in [3.8, 4) is 0 Å². The Morgan fingerprint density at radius 3 is 2.31 bits per heavy atom. The molecule has 2 atom stereocenters. The quantitative estimate of drug-likeness (QED) is 0.449. The van der Waals surface area contributed by atoms with Gasteiger partial charge in [-0.15, -0.1) is 0 Å². The Bertz CT molecular complexity index is 525. The van der Waals surface area contributed by atoms with Gasteiger partial charge in [0.25, 0.3) is 5.91 Å². The minimum Gasteiger partial charge on any atom is -0.465 e. The number of carbonyl (C=O) groups is 3. The number of imide groups is 1. The zero-order valence-electron chi connectivity index (χ0n) is 15.5. The summed E-state index contributed by atoms with van der Waals surface area (Å²) < 4.78 is 45.2. The number of rotatable bonds is 9. The number of hydrogen-bond acceptors (Lipinski definition) is 5. The van der Waals surface area contributed by atoms with Gasteiger partial charge in [0.15, 0.2) is 5.92 Å². The van der Waals surface area contributed by atoms with Crippen LogP contribution in [0.5, 0.6) is 0 Å². The second-order valence-electron chi connectivity index (χ2n) is 6.34. The maximum absolute atomic E-state index is 13.6. The highest BCUT2D eigenvalue weighted by atomic mass is 19.4. The van der Waals surface area contributed by atoms with Crippen LogP contribution in [-0.2, 0) is 14.3 Å². The molecule has 150 valence electrons. The van der Waals surface area contributed by atoms with Gasteiger partial charge in [0, 0.05) is 13.1 Å². The van der Waals surface area contributed by atoms with E-state index in [1.54, 1.807) is 21.0 Å². The monoisotopic (exact) mass is 381 g/mol. The molecule has 0 aromatic carbocycles. The lowest BCUT2D eigenvalue weighted by Gasteiger charge is -2.29. The van der Waals surface area contributed by atoms with Crippen molar-refractivity contribution in [1.29, 1.82) is 0 Å². The molecule has 7 nitrogen and oxygen atoms in total. The number of nitrogens with zero attached hydrogens (tertiary/aromatic N) is 3. The highest BCUT2D eigenvalue weighted by Crippen LogP contribution is 2.36. The van der Waals surface area contributed by atoms with Gasteiger partial charge in [0.1, 0.15) is 6.04 Å². The van der Waals surface area contributed by atoms with Crippen molar-refractivity contribution in [2.24, 2.45) is 5.92 Å². The maximum atomic E-state index is 13.6. The maximum Gasteiger partial charge on any atom is 0.404 e. The summed E-state index contributed by atoms with van der Waals surface area (Å²) >= 11 is 0. The third-order valence-electron chi connectivity index (χ3n) is 3.99. The van der Waals surface area contributed by atoms with Crippen molar-refractivity contribution < 1.29 is 32.3 Å². The molecule has 0 aromatic heterocycles. The summed E-state index contributed by atoms with van der Waals surface area (Å²) in [6.45, 7) is 3.31. The second kappa shape index (κ2) is 9.20. The van der Waals surface area contributed by atoms with Crippen LogP contribution in [-0.4, -0.2) is 85.2 Å². The highest BCUT2D eigenvalue weighted by Gasteiger charge is 2.60. The molecule has 3 amide bonds. The van der Waals surface area contributed by atoms with E-state index in [0.717, 1.165) is 9.80 Å². The Morgan fingerprint density at radius 1 is 1.23 bits per heavy atom. The van der Waals surface area contributed by atoms with Crippen LogP contribution in [0.4, 0.5) is 18.0 Å². The number of urea groups is 1. The number of ether oxygens (including phenoxy) is 1. The van der Waals surface area contributed by atoms with Gasteiger partial charge in [-0.25, -0.2) is 4.79 Å². The van der Waals surface area contributed by atoms with Gasteiger partial charge >= 0.3 is 18.2 Å². The molecule has 1 aliphatic rings. The van der Waals surface area contributed by atoms with Crippen LogP contribution in [0.15, 0.2) is 0 Å². The fourth-order valence-electron chi connectivity index (χ4n) is 2.88. The highest BCUT2D eigenvalue weighted by molar-refractivity contribution is 6.06. The number of carbonyl (C=O) groups excluding carboxylic acids is 3. The van der Waals surface area contributed by atoms with Gasteiger partial charge in [-0.05, 0) is 40.4 Å². The lowest BCUT2D eigenvalue weighted by Crippen LogP contribution is -2.51. The summed E-state index contributed by atoms with van der Waals surface area (Å²) in [5, 5.41) is 0. The first kappa shape index (κ1) is 22.2. The van der Waals surface area contributed by atoms with Gasteiger partial charge in [-0.3, -0.25) is 14.5 Å². The molecule has 10 heteroatoms. The number of hydrogen-bond donors (Lipinski definition) is 0. The van der Waals surface area contributed by atoms with Crippen molar-refractivity contribution in [3.63, 3.8) is 0 Å². The zero-order chi connectivity index (χ0) is 20.1. The van der Waals surface area contributed by atoms with Crippen LogP contribution in [0.3, 0.4) is 0 Å². The SMILES string of the molecule is CCCN1C(=O)C(C(C(=O)OCC)C(F)(F)F)N(CCCN(C)C)C1=O. The average molecular weight is 381 g/mol. The average Bonchev–Trinajstić information content (AvgIpc) is 2.72. The van der Waals surface area contributed by atoms with E-state index in [2.05, 4.69) is 4.74 Å². The van der Waals surface area contributed by atoms with Gasteiger partial charge < -0.3 is 14.5 Å². The standard InChI is InChI=1S/C16H26F3N3O4/c1-5-8-22-13(23)12(11(16(17,18)19)14(24)26-6-2)21(15(22)25)10-7-9-20(3)4/h11-12H,5-10H2,1-4H3. The van der Waals surface area contributed by atoms with Crippen molar-refractivity contribution >= 4 is 17.9 Å². The van der Waals surface area contributed by atoms with Crippen LogP contribution in [0.25, 0.3) is 0 Å². The summed E-state index contributed by atoms with van der Waals surface area (Å²) in [6, 6.07) is -2.71. The van der Waals surface area contributed by atoms with Crippen LogP contribution in [0.1, 0.15) is 26.7 Å². The molecule has 0 radical (unpaired) electrons. The van der Waals surface area contributed by atoms with Crippen molar-refractivity contribution in [2.75, 3.05) is 40.3 Å². The smallest absolute Gasteiger partial charge is 0.404 e. The Hall–Kier alpha value is -1.84. The Kier molecular flexibility index (Phi) is 7.86. The minimum atomic E-state index is -5.01. The van der Waals surface area contributed by atoms with Gasteiger partial charge in [0.05, 0.1) is 6.61 Å². The molecule has 0 bridgehead atoms. The molecule has 2 unspecified atom stereocenters. The topological polar surface area (TPSA) is 70.2 Å². The first-order valence-corrected chi connectivity index (χ1v) is 8.56. The van der Waals surface area contributed by atoms with E-state index in [-0.39, 0.29) is 19.7 Å². The van der Waals surface area contributed by atoms with Crippen molar-refractivity contribution in [1.82, 2.24) is 14.7 Å². The fraction of sp³-hybridized carbons (Fsp3) is 0.812. The number of esters is 1. The third kappa shape index (κ3) is 5.09. The molecule has 1 rings (SSSR count). The largest absolute Gasteiger partial charge is 0.465 e. The Labute approximate surface area is 151 Å². The van der Waals surface area contributed by atoms with Crippen LogP contribution in [0, 0.1) is 5.92 Å². The zero-order valence-corrected chi connectivity index (χ0v) is 15.5. The summed E-state index contributed by atoms with van der Waals surface area (Å²) in [4.78, 5) is 40.5. The van der Waals surface area contributed by atoms with E-state index in [9.17, 15) is 27.6 Å². The molecule has 1 heterocycles. The van der Waals surface area contributed by atoms with E-state index in [1.165, 1.54) is 6.92 Å². The first-order valence-electron chi connectivity index (χ1n) is 8.56. The summed E-state index contributed by atoms with van der Waals surface area (Å²) in [5.74, 6) is -5.24. The molecule has 0 spiro atoms. The van der Waals surface area contributed by atoms with E-state index < -0.39 is 36.0 Å². The summed E-state index contributed by atoms with van der Waals surface area (Å²) in [6.07, 6.45) is -4.23. The minimum absolute atomic E-state index is 0.00570. The molecule has 0 saturated carbocycles. The lowest BCUT2D eigenvalue weighted by atomic mass is 9.97.